The first-order valence-corrected chi connectivity index (χ1v) is 17.0. The number of hydrogen-bond acceptors (Lipinski definition) is 1. The molecule has 0 bridgehead atoms. The highest BCUT2D eigenvalue weighted by Crippen LogP contribution is 2.65. The van der Waals surface area contributed by atoms with Gasteiger partial charge in [0.15, 0.2) is 0 Å². The molecule has 2 aliphatic carbocycles. The Balaban J connectivity index is 1.54. The molecule has 2 aliphatic rings. The normalized spacial score (nSPS) is 15.0. The average molecular weight is 610 g/mol. The first-order valence-electron chi connectivity index (χ1n) is 17.0. The molecule has 0 amide bonds. The Bertz CT molecular complexity index is 2060. The molecule has 0 aromatic heterocycles. The summed E-state index contributed by atoms with van der Waals surface area (Å²) >= 11 is 0. The van der Waals surface area contributed by atoms with E-state index in [0.29, 0.717) is 0 Å². The summed E-state index contributed by atoms with van der Waals surface area (Å²) in [7, 11) is 0. The lowest BCUT2D eigenvalue weighted by atomic mass is 9.71. The molecular formula is C46H43N. The van der Waals surface area contributed by atoms with Crippen LogP contribution >= 0.6 is 0 Å². The van der Waals surface area contributed by atoms with Crippen LogP contribution in [0.2, 0.25) is 0 Å². The average Bonchev–Trinajstić information content (AvgIpc) is 3.45. The van der Waals surface area contributed by atoms with Crippen molar-refractivity contribution in [3.05, 3.63) is 161 Å². The minimum absolute atomic E-state index is 0.0807. The van der Waals surface area contributed by atoms with E-state index in [0.717, 1.165) is 0 Å². The second kappa shape index (κ2) is 10.3. The van der Waals surface area contributed by atoms with Gasteiger partial charge < -0.3 is 4.90 Å². The first-order chi connectivity index (χ1) is 22.5. The van der Waals surface area contributed by atoms with Crippen molar-refractivity contribution in [3.8, 4) is 33.4 Å². The molecule has 0 fully saturated rings. The van der Waals surface area contributed by atoms with E-state index in [1.807, 2.05) is 0 Å². The second-order valence-corrected chi connectivity index (χ2v) is 15.4. The SMILES string of the molecule is CC(C)(C)c1c2c(c(N(c3ccccc3)c3ccc(-c4ccccc4)cc3)c3c1-c1ccccc1C3(C)C)C(C)(C)c1ccccc1-2. The predicted octanol–water partition coefficient (Wildman–Crippen LogP) is 12.7. The lowest BCUT2D eigenvalue weighted by Gasteiger charge is -2.39. The van der Waals surface area contributed by atoms with Gasteiger partial charge in [-0.2, -0.15) is 0 Å². The Morgan fingerprint density at radius 3 is 1.34 bits per heavy atom. The summed E-state index contributed by atoms with van der Waals surface area (Å²) in [5.74, 6) is 0. The van der Waals surface area contributed by atoms with Crippen molar-refractivity contribution in [2.45, 2.75) is 64.7 Å². The van der Waals surface area contributed by atoms with Crippen LogP contribution in [0.1, 0.15) is 76.3 Å². The summed E-state index contributed by atoms with van der Waals surface area (Å²) in [6.45, 7) is 17.0. The third-order valence-corrected chi connectivity index (χ3v) is 10.7. The van der Waals surface area contributed by atoms with E-state index in [1.54, 1.807) is 0 Å². The maximum Gasteiger partial charge on any atom is 0.0556 e. The van der Waals surface area contributed by atoms with Crippen LogP contribution in [0.3, 0.4) is 0 Å². The van der Waals surface area contributed by atoms with E-state index in [9.17, 15) is 0 Å². The van der Waals surface area contributed by atoms with Gasteiger partial charge in [-0.3, -0.25) is 0 Å². The maximum absolute atomic E-state index is 2.57. The van der Waals surface area contributed by atoms with Crippen molar-refractivity contribution in [3.63, 3.8) is 0 Å². The van der Waals surface area contributed by atoms with Crippen LogP contribution < -0.4 is 4.90 Å². The Morgan fingerprint density at radius 1 is 0.447 bits per heavy atom. The summed E-state index contributed by atoms with van der Waals surface area (Å²) in [6, 6.07) is 49.2. The summed E-state index contributed by atoms with van der Waals surface area (Å²) in [5.41, 5.74) is 18.3. The molecule has 0 unspecified atom stereocenters. The topological polar surface area (TPSA) is 3.24 Å². The molecule has 0 radical (unpaired) electrons. The highest BCUT2D eigenvalue weighted by Gasteiger charge is 2.50. The van der Waals surface area contributed by atoms with Gasteiger partial charge in [-0.15, -0.1) is 0 Å². The fraction of sp³-hybridized carbons (Fsp3) is 0.217. The molecule has 1 heteroatoms. The van der Waals surface area contributed by atoms with Crippen molar-refractivity contribution >= 4 is 17.1 Å². The highest BCUT2D eigenvalue weighted by molar-refractivity contribution is 6.03. The standard InChI is InChI=1S/C46H43N/c1-44(2,3)40-38-34-22-14-16-24-36(34)45(4,5)41(38)43(42-39(40)35-23-15-17-25-37(35)46(42,6)7)47(32-20-12-9-13-21-32)33-28-26-31(27-29-33)30-18-10-8-11-19-30/h8-29H,1-7H3. The summed E-state index contributed by atoms with van der Waals surface area (Å²) in [4.78, 5) is 2.57. The van der Waals surface area contributed by atoms with Gasteiger partial charge in [-0.05, 0) is 90.9 Å². The first kappa shape index (κ1) is 29.5. The number of hydrogen-bond donors (Lipinski definition) is 0. The van der Waals surface area contributed by atoms with Gasteiger partial charge in [0.05, 0.1) is 5.69 Å². The second-order valence-electron chi connectivity index (χ2n) is 15.4. The molecular weight excluding hydrogens is 567 g/mol. The van der Waals surface area contributed by atoms with Gasteiger partial charge in [0.1, 0.15) is 0 Å². The molecule has 47 heavy (non-hydrogen) atoms. The molecule has 0 heterocycles. The summed E-state index contributed by atoms with van der Waals surface area (Å²) in [6.07, 6.45) is 0. The third-order valence-electron chi connectivity index (χ3n) is 10.7. The molecule has 1 nitrogen and oxygen atoms in total. The van der Waals surface area contributed by atoms with Crippen LogP contribution in [0.25, 0.3) is 33.4 Å². The highest BCUT2D eigenvalue weighted by atomic mass is 15.2. The Morgan fingerprint density at radius 2 is 0.851 bits per heavy atom. The maximum atomic E-state index is 2.57. The molecule has 6 aromatic rings. The van der Waals surface area contributed by atoms with Crippen LogP contribution in [0, 0.1) is 0 Å². The lowest BCUT2D eigenvalue weighted by molar-refractivity contribution is 0.587. The van der Waals surface area contributed by atoms with Crippen molar-refractivity contribution in [1.29, 1.82) is 0 Å². The Kier molecular flexibility index (Phi) is 6.48. The minimum atomic E-state index is -0.210. The zero-order valence-corrected chi connectivity index (χ0v) is 28.6. The van der Waals surface area contributed by atoms with Gasteiger partial charge >= 0.3 is 0 Å². The number of anilines is 3. The van der Waals surface area contributed by atoms with Crippen molar-refractivity contribution < 1.29 is 0 Å². The van der Waals surface area contributed by atoms with Gasteiger partial charge in [-0.1, -0.05) is 158 Å². The molecule has 6 aromatic carbocycles. The number of para-hydroxylation sites is 1. The van der Waals surface area contributed by atoms with Crippen LogP contribution in [0.4, 0.5) is 17.1 Å². The molecule has 0 atom stereocenters. The molecule has 232 valence electrons. The van der Waals surface area contributed by atoms with Crippen molar-refractivity contribution in [1.82, 2.24) is 0 Å². The van der Waals surface area contributed by atoms with Crippen LogP contribution in [-0.2, 0) is 16.2 Å². The Labute approximate surface area is 280 Å². The zero-order chi connectivity index (χ0) is 32.7. The smallest absolute Gasteiger partial charge is 0.0556 e. The molecule has 0 N–H and O–H groups in total. The molecule has 0 saturated carbocycles. The third kappa shape index (κ3) is 4.29. The van der Waals surface area contributed by atoms with E-state index < -0.39 is 0 Å². The largest absolute Gasteiger partial charge is 0.310 e. The van der Waals surface area contributed by atoms with Gasteiger partial charge in [0, 0.05) is 22.2 Å². The summed E-state index contributed by atoms with van der Waals surface area (Å²) < 4.78 is 0. The lowest BCUT2D eigenvalue weighted by Crippen LogP contribution is -2.27. The van der Waals surface area contributed by atoms with Crippen LogP contribution in [0.5, 0.6) is 0 Å². The monoisotopic (exact) mass is 609 g/mol. The number of fused-ring (bicyclic) bond motifs is 6. The van der Waals surface area contributed by atoms with Gasteiger partial charge in [0.25, 0.3) is 0 Å². The van der Waals surface area contributed by atoms with Gasteiger partial charge in [0.2, 0.25) is 0 Å². The van der Waals surface area contributed by atoms with E-state index in [2.05, 4.69) is 187 Å². The van der Waals surface area contributed by atoms with E-state index in [4.69, 9.17) is 0 Å². The quantitative estimate of drug-likeness (QED) is 0.192. The van der Waals surface area contributed by atoms with Crippen LogP contribution in [0.15, 0.2) is 133 Å². The summed E-state index contributed by atoms with van der Waals surface area (Å²) in [5, 5.41) is 0. The molecule has 8 rings (SSSR count). The molecule has 0 saturated heterocycles. The fourth-order valence-corrected chi connectivity index (χ4v) is 8.65. The molecule has 0 spiro atoms. The van der Waals surface area contributed by atoms with Crippen molar-refractivity contribution in [2.75, 3.05) is 4.90 Å². The number of benzene rings is 6. The fourth-order valence-electron chi connectivity index (χ4n) is 8.65. The van der Waals surface area contributed by atoms with E-state index >= 15 is 0 Å². The van der Waals surface area contributed by atoms with E-state index in [-0.39, 0.29) is 16.2 Å². The Hall–Kier alpha value is -4.88. The van der Waals surface area contributed by atoms with Crippen molar-refractivity contribution in [2.24, 2.45) is 0 Å². The zero-order valence-electron chi connectivity index (χ0n) is 28.6. The van der Waals surface area contributed by atoms with Crippen LogP contribution in [-0.4, -0.2) is 0 Å². The predicted molar refractivity (Wildman–Crippen MR) is 200 cm³/mol. The van der Waals surface area contributed by atoms with E-state index in [1.165, 1.54) is 78.3 Å². The number of rotatable bonds is 4. The minimum Gasteiger partial charge on any atom is -0.310 e. The van der Waals surface area contributed by atoms with Gasteiger partial charge in [-0.25, -0.2) is 0 Å². The molecule has 0 aliphatic heterocycles. The number of nitrogens with zero attached hydrogens (tertiary/aromatic N) is 1.